The summed E-state index contributed by atoms with van der Waals surface area (Å²) in [6.45, 7) is 0. The van der Waals surface area contributed by atoms with Gasteiger partial charge >= 0.3 is 7.12 Å². The molecule has 1 aromatic carbocycles. The van der Waals surface area contributed by atoms with E-state index >= 15 is 0 Å². The van der Waals surface area contributed by atoms with Gasteiger partial charge in [0.25, 0.3) is 0 Å². The van der Waals surface area contributed by atoms with Gasteiger partial charge in [-0.2, -0.15) is 0 Å². The highest BCUT2D eigenvalue weighted by atomic mass is 32.2. The molecule has 0 saturated heterocycles. The molecule has 0 heterocycles. The van der Waals surface area contributed by atoms with Crippen molar-refractivity contribution in [1.82, 2.24) is 0 Å². The van der Waals surface area contributed by atoms with Gasteiger partial charge < -0.3 is 10.0 Å². The molecule has 2 N–H and O–H groups in total. The Hall–Kier alpha value is -0.0951. The zero-order valence-corrected chi connectivity index (χ0v) is 9.15. The minimum absolute atomic E-state index is 0.583. The first-order chi connectivity index (χ1) is 6.20. The molecule has 0 aliphatic rings. The maximum atomic E-state index is 9.09. The largest absolute Gasteiger partial charge is 0.489 e. The van der Waals surface area contributed by atoms with Gasteiger partial charge in [-0.1, -0.05) is 12.1 Å². The van der Waals surface area contributed by atoms with E-state index < -0.39 is 7.12 Å². The molecule has 0 unspecified atom stereocenters. The quantitative estimate of drug-likeness (QED) is 0.577. The highest BCUT2D eigenvalue weighted by molar-refractivity contribution is 8.01. The second-order valence-corrected chi connectivity index (χ2v) is 4.12. The van der Waals surface area contributed by atoms with Crippen LogP contribution in [0.5, 0.6) is 0 Å². The highest BCUT2D eigenvalue weighted by Gasteiger charge is 2.17. The molecular formula is C8H11BO2S2. The summed E-state index contributed by atoms with van der Waals surface area (Å²) in [5.41, 5.74) is 0.583. The molecule has 0 amide bonds. The summed E-state index contributed by atoms with van der Waals surface area (Å²) in [6.07, 6.45) is 3.91. The number of thioether (sulfide) groups is 2. The normalized spacial score (nSPS) is 10.2. The van der Waals surface area contributed by atoms with Crippen LogP contribution >= 0.6 is 23.5 Å². The minimum atomic E-state index is -1.38. The van der Waals surface area contributed by atoms with Gasteiger partial charge in [0.2, 0.25) is 0 Å². The van der Waals surface area contributed by atoms with Gasteiger partial charge in [-0.25, -0.2) is 0 Å². The third-order valence-corrected chi connectivity index (χ3v) is 3.48. The molecular weight excluding hydrogens is 203 g/mol. The number of benzene rings is 1. The molecule has 0 aliphatic carbocycles. The minimum Gasteiger partial charge on any atom is -0.423 e. The van der Waals surface area contributed by atoms with Crippen molar-refractivity contribution in [3.63, 3.8) is 0 Å². The molecule has 0 atom stereocenters. The fourth-order valence-electron chi connectivity index (χ4n) is 1.12. The predicted molar refractivity (Wildman–Crippen MR) is 59.8 cm³/mol. The van der Waals surface area contributed by atoms with Gasteiger partial charge in [0.1, 0.15) is 0 Å². The molecule has 0 radical (unpaired) electrons. The van der Waals surface area contributed by atoms with Crippen molar-refractivity contribution < 1.29 is 10.0 Å². The Morgan fingerprint density at radius 3 is 2.31 bits per heavy atom. The zero-order chi connectivity index (χ0) is 9.84. The van der Waals surface area contributed by atoms with Crippen LogP contribution in [0, 0.1) is 0 Å². The van der Waals surface area contributed by atoms with Crippen LogP contribution in [0.25, 0.3) is 0 Å². The molecule has 2 nitrogen and oxygen atoms in total. The zero-order valence-electron chi connectivity index (χ0n) is 7.52. The van der Waals surface area contributed by atoms with Crippen LogP contribution in [-0.4, -0.2) is 29.7 Å². The van der Waals surface area contributed by atoms with Crippen LogP contribution in [0.15, 0.2) is 28.0 Å². The second-order valence-electron chi connectivity index (χ2n) is 2.46. The molecule has 0 aliphatic heterocycles. The molecule has 13 heavy (non-hydrogen) atoms. The molecule has 0 saturated carbocycles. The molecule has 5 heteroatoms. The topological polar surface area (TPSA) is 40.5 Å². The molecule has 1 aromatic rings. The van der Waals surface area contributed by atoms with Gasteiger partial charge in [-0.05, 0) is 24.0 Å². The first kappa shape index (κ1) is 11.0. The summed E-state index contributed by atoms with van der Waals surface area (Å²) in [5, 5.41) is 18.2. The van der Waals surface area contributed by atoms with E-state index in [2.05, 4.69) is 0 Å². The van der Waals surface area contributed by atoms with E-state index in [1.165, 1.54) is 11.8 Å². The van der Waals surface area contributed by atoms with E-state index in [4.69, 9.17) is 10.0 Å². The van der Waals surface area contributed by atoms with E-state index in [-0.39, 0.29) is 0 Å². The average Bonchev–Trinajstić information content (AvgIpc) is 2.16. The Kier molecular flexibility index (Phi) is 4.19. The molecule has 1 rings (SSSR count). The monoisotopic (exact) mass is 214 g/mol. The van der Waals surface area contributed by atoms with Gasteiger partial charge in [-0.15, -0.1) is 23.5 Å². The Morgan fingerprint density at radius 2 is 1.85 bits per heavy atom. The lowest BCUT2D eigenvalue weighted by Crippen LogP contribution is -2.31. The van der Waals surface area contributed by atoms with Crippen LogP contribution in [-0.2, 0) is 0 Å². The van der Waals surface area contributed by atoms with Gasteiger partial charge in [0.05, 0.1) is 0 Å². The third-order valence-electron chi connectivity index (χ3n) is 1.71. The maximum Gasteiger partial charge on any atom is 0.489 e. The van der Waals surface area contributed by atoms with Crippen LogP contribution in [0.2, 0.25) is 0 Å². The summed E-state index contributed by atoms with van der Waals surface area (Å²) in [4.78, 5) is 2.03. The van der Waals surface area contributed by atoms with Crippen molar-refractivity contribution in [2.24, 2.45) is 0 Å². The van der Waals surface area contributed by atoms with Crippen molar-refractivity contribution in [2.75, 3.05) is 12.5 Å². The van der Waals surface area contributed by atoms with Crippen molar-refractivity contribution in [1.29, 1.82) is 0 Å². The Bertz CT molecular complexity index is 291. The predicted octanol–water partition coefficient (Wildman–Crippen LogP) is 0.810. The van der Waals surface area contributed by atoms with E-state index in [0.29, 0.717) is 5.46 Å². The Labute approximate surface area is 86.9 Å². The first-order valence-corrected chi connectivity index (χ1v) is 6.22. The highest BCUT2D eigenvalue weighted by Crippen LogP contribution is 2.26. The standard InChI is InChI=1S/C8H11BO2S2/c1-12-7-5-3-4-6(9(10)11)8(7)13-2/h3-5,10-11H,1-2H3. The van der Waals surface area contributed by atoms with Crippen LogP contribution in [0.4, 0.5) is 0 Å². The molecule has 70 valence electrons. The summed E-state index contributed by atoms with van der Waals surface area (Å²) in [5.74, 6) is 0. The maximum absolute atomic E-state index is 9.09. The van der Waals surface area contributed by atoms with E-state index in [1.807, 2.05) is 24.6 Å². The number of hydrogen-bond donors (Lipinski definition) is 2. The van der Waals surface area contributed by atoms with E-state index in [1.54, 1.807) is 17.8 Å². The summed E-state index contributed by atoms with van der Waals surface area (Å²) >= 11 is 3.14. The lowest BCUT2D eigenvalue weighted by atomic mass is 9.80. The third kappa shape index (κ3) is 2.43. The molecule has 0 spiro atoms. The van der Waals surface area contributed by atoms with Crippen LogP contribution in [0.1, 0.15) is 0 Å². The number of rotatable bonds is 3. The van der Waals surface area contributed by atoms with Crippen molar-refractivity contribution in [2.45, 2.75) is 9.79 Å². The van der Waals surface area contributed by atoms with Gasteiger partial charge in [0.15, 0.2) is 0 Å². The summed E-state index contributed by atoms with van der Waals surface area (Å²) in [7, 11) is -1.38. The van der Waals surface area contributed by atoms with Gasteiger partial charge in [-0.3, -0.25) is 0 Å². The van der Waals surface area contributed by atoms with E-state index in [9.17, 15) is 0 Å². The van der Waals surface area contributed by atoms with Crippen molar-refractivity contribution in [3.05, 3.63) is 18.2 Å². The molecule has 0 fully saturated rings. The van der Waals surface area contributed by atoms with E-state index in [0.717, 1.165) is 9.79 Å². The second kappa shape index (κ2) is 4.95. The first-order valence-electron chi connectivity index (χ1n) is 3.77. The molecule has 0 bridgehead atoms. The van der Waals surface area contributed by atoms with Crippen LogP contribution in [0.3, 0.4) is 0 Å². The average molecular weight is 214 g/mol. The lowest BCUT2D eigenvalue weighted by Gasteiger charge is -2.09. The Balaban J connectivity index is 3.19. The SMILES string of the molecule is CSc1cccc(B(O)O)c1SC. The van der Waals surface area contributed by atoms with Crippen LogP contribution < -0.4 is 5.46 Å². The van der Waals surface area contributed by atoms with Crippen molar-refractivity contribution >= 4 is 36.1 Å². The smallest absolute Gasteiger partial charge is 0.423 e. The Morgan fingerprint density at radius 1 is 1.15 bits per heavy atom. The van der Waals surface area contributed by atoms with Crippen molar-refractivity contribution in [3.8, 4) is 0 Å². The molecule has 0 aromatic heterocycles. The summed E-state index contributed by atoms with van der Waals surface area (Å²) < 4.78 is 0. The fourth-order valence-corrected chi connectivity index (χ4v) is 2.81. The fraction of sp³-hybridized carbons (Fsp3) is 0.250. The number of hydrogen-bond acceptors (Lipinski definition) is 4. The lowest BCUT2D eigenvalue weighted by molar-refractivity contribution is 0.424. The summed E-state index contributed by atoms with van der Waals surface area (Å²) in [6, 6.07) is 5.54. The van der Waals surface area contributed by atoms with Gasteiger partial charge in [0, 0.05) is 9.79 Å².